The molecule has 3 heterocycles. The number of ketones is 1. The molecule has 10 heteroatoms. The Morgan fingerprint density at radius 3 is 2.54 bits per heavy atom. The SMILES string of the molecule is CCCCNC(=O)n1ccc2c(C(=O)c3c[nH]c4ncc(-c5ccc(S(N)(=O)=O)cc5)cc34)cccc21. The number of H-pyrrole nitrogens is 1. The number of amides is 1. The number of pyridine rings is 1. The number of carbonyl (C=O) groups is 2. The second kappa shape index (κ2) is 9.64. The fraction of sp³-hybridized carbons (Fsp3) is 0.148. The van der Waals surface area contributed by atoms with Gasteiger partial charge in [-0.1, -0.05) is 37.6 Å². The molecule has 5 aromatic rings. The van der Waals surface area contributed by atoms with E-state index in [1.54, 1.807) is 48.9 Å². The summed E-state index contributed by atoms with van der Waals surface area (Å²) in [5.41, 5.74) is 3.56. The first kappa shape index (κ1) is 24.4. The van der Waals surface area contributed by atoms with Gasteiger partial charge in [-0.15, -0.1) is 0 Å². The quantitative estimate of drug-likeness (QED) is 0.217. The zero-order valence-electron chi connectivity index (χ0n) is 20.1. The molecular formula is C27H25N5O4S. The van der Waals surface area contributed by atoms with Gasteiger partial charge in [0.05, 0.1) is 10.4 Å². The third kappa shape index (κ3) is 4.64. The van der Waals surface area contributed by atoms with Crippen LogP contribution in [0.2, 0.25) is 0 Å². The van der Waals surface area contributed by atoms with E-state index in [0.29, 0.717) is 39.6 Å². The summed E-state index contributed by atoms with van der Waals surface area (Å²) in [5, 5.41) is 9.40. The third-order valence-corrected chi connectivity index (χ3v) is 7.22. The average molecular weight is 516 g/mol. The molecule has 3 aromatic heterocycles. The minimum absolute atomic E-state index is 0.0156. The Morgan fingerprint density at radius 2 is 1.81 bits per heavy atom. The smallest absolute Gasteiger partial charge is 0.326 e. The molecule has 0 unspecified atom stereocenters. The lowest BCUT2D eigenvalue weighted by molar-refractivity contribution is 0.104. The molecule has 0 fully saturated rings. The van der Waals surface area contributed by atoms with Gasteiger partial charge in [-0.2, -0.15) is 0 Å². The number of hydrogen-bond donors (Lipinski definition) is 3. The molecule has 37 heavy (non-hydrogen) atoms. The molecule has 0 aliphatic rings. The Bertz CT molecular complexity index is 1750. The fourth-order valence-electron chi connectivity index (χ4n) is 4.33. The largest absolute Gasteiger partial charge is 0.345 e. The first-order valence-corrected chi connectivity index (χ1v) is 13.4. The van der Waals surface area contributed by atoms with Gasteiger partial charge >= 0.3 is 6.03 Å². The van der Waals surface area contributed by atoms with E-state index >= 15 is 0 Å². The predicted molar refractivity (Wildman–Crippen MR) is 142 cm³/mol. The van der Waals surface area contributed by atoms with Crippen molar-refractivity contribution in [3.05, 3.63) is 84.3 Å². The number of sulfonamides is 1. The van der Waals surface area contributed by atoms with Crippen molar-refractivity contribution in [3.63, 3.8) is 0 Å². The number of aromatic amines is 1. The van der Waals surface area contributed by atoms with Crippen LogP contribution in [-0.4, -0.2) is 41.3 Å². The lowest BCUT2D eigenvalue weighted by atomic mass is 9.99. The molecule has 0 spiro atoms. The molecule has 4 N–H and O–H groups in total. The summed E-state index contributed by atoms with van der Waals surface area (Å²) in [6.07, 6.45) is 6.82. The van der Waals surface area contributed by atoms with Crippen molar-refractivity contribution in [2.75, 3.05) is 6.54 Å². The lowest BCUT2D eigenvalue weighted by Gasteiger charge is -2.08. The van der Waals surface area contributed by atoms with Gasteiger partial charge < -0.3 is 10.3 Å². The first-order valence-electron chi connectivity index (χ1n) is 11.8. The number of benzene rings is 2. The average Bonchev–Trinajstić information content (AvgIpc) is 3.52. The Kier molecular flexibility index (Phi) is 6.36. The van der Waals surface area contributed by atoms with Crippen molar-refractivity contribution in [2.45, 2.75) is 24.7 Å². The second-order valence-corrected chi connectivity index (χ2v) is 10.3. The number of fused-ring (bicyclic) bond motifs is 2. The molecule has 5 rings (SSSR count). The zero-order valence-corrected chi connectivity index (χ0v) is 20.9. The van der Waals surface area contributed by atoms with Crippen molar-refractivity contribution in [2.24, 2.45) is 5.14 Å². The number of primary sulfonamides is 1. The van der Waals surface area contributed by atoms with Gasteiger partial charge in [0.15, 0.2) is 5.78 Å². The van der Waals surface area contributed by atoms with Gasteiger partial charge in [-0.3, -0.25) is 9.36 Å². The summed E-state index contributed by atoms with van der Waals surface area (Å²) in [7, 11) is -3.80. The predicted octanol–water partition coefficient (Wildman–Crippen LogP) is 4.42. The normalized spacial score (nSPS) is 11.7. The molecule has 0 saturated carbocycles. The number of aromatic nitrogens is 3. The van der Waals surface area contributed by atoms with Crippen molar-refractivity contribution in [3.8, 4) is 11.1 Å². The summed E-state index contributed by atoms with van der Waals surface area (Å²) in [4.78, 5) is 33.8. The Balaban J connectivity index is 1.51. The Labute approximate surface area is 213 Å². The fourth-order valence-corrected chi connectivity index (χ4v) is 4.85. The maximum atomic E-state index is 13.7. The molecule has 188 valence electrons. The van der Waals surface area contributed by atoms with Gasteiger partial charge in [0.2, 0.25) is 10.0 Å². The number of hydrogen-bond acceptors (Lipinski definition) is 5. The van der Waals surface area contributed by atoms with Crippen molar-refractivity contribution < 1.29 is 18.0 Å². The number of nitrogens with zero attached hydrogens (tertiary/aromatic N) is 2. The minimum Gasteiger partial charge on any atom is -0.345 e. The molecule has 0 aliphatic carbocycles. The summed E-state index contributed by atoms with van der Waals surface area (Å²) in [6.45, 7) is 2.64. The molecule has 0 atom stereocenters. The molecule has 1 amide bonds. The van der Waals surface area contributed by atoms with Crippen LogP contribution >= 0.6 is 0 Å². The highest BCUT2D eigenvalue weighted by atomic mass is 32.2. The highest BCUT2D eigenvalue weighted by Crippen LogP contribution is 2.29. The van der Waals surface area contributed by atoms with Gasteiger partial charge in [-0.05, 0) is 42.3 Å². The van der Waals surface area contributed by atoms with E-state index in [4.69, 9.17) is 5.14 Å². The van der Waals surface area contributed by atoms with E-state index in [2.05, 4.69) is 22.2 Å². The lowest BCUT2D eigenvalue weighted by Crippen LogP contribution is -2.28. The van der Waals surface area contributed by atoms with Crippen LogP contribution in [0.3, 0.4) is 0 Å². The van der Waals surface area contributed by atoms with Crippen LogP contribution in [0.15, 0.2) is 78.1 Å². The van der Waals surface area contributed by atoms with E-state index in [9.17, 15) is 18.0 Å². The number of carbonyl (C=O) groups excluding carboxylic acids is 2. The standard InChI is InChI=1S/C27H25N5O4S/c1-2-3-12-29-27(34)32-13-11-20-21(5-4-6-24(20)32)25(33)23-16-31-26-22(23)14-18(15-30-26)17-7-9-19(10-8-17)37(28,35)36/h4-11,13-16H,2-3,12H2,1H3,(H,29,34)(H,30,31)(H2,28,35,36). The van der Waals surface area contributed by atoms with Gasteiger partial charge in [0.25, 0.3) is 0 Å². The zero-order chi connectivity index (χ0) is 26.2. The number of nitrogens with one attached hydrogen (secondary N) is 2. The number of nitrogens with two attached hydrogens (primary N) is 1. The highest BCUT2D eigenvalue weighted by Gasteiger charge is 2.20. The van der Waals surface area contributed by atoms with E-state index in [1.165, 1.54) is 16.7 Å². The van der Waals surface area contributed by atoms with E-state index in [1.807, 2.05) is 12.1 Å². The first-order chi connectivity index (χ1) is 17.8. The van der Waals surface area contributed by atoms with Gasteiger partial charge in [0, 0.05) is 52.6 Å². The molecular weight excluding hydrogens is 490 g/mol. The summed E-state index contributed by atoms with van der Waals surface area (Å²) < 4.78 is 24.6. The van der Waals surface area contributed by atoms with Crippen LogP contribution < -0.4 is 10.5 Å². The van der Waals surface area contributed by atoms with E-state index < -0.39 is 10.0 Å². The Hall–Kier alpha value is -4.28. The topological polar surface area (TPSA) is 140 Å². The number of rotatable bonds is 7. The molecule has 0 bridgehead atoms. The molecule has 0 aliphatic heterocycles. The van der Waals surface area contributed by atoms with Crippen LogP contribution in [0.25, 0.3) is 33.1 Å². The van der Waals surface area contributed by atoms with Crippen LogP contribution in [0.4, 0.5) is 4.79 Å². The maximum Gasteiger partial charge on any atom is 0.326 e. The van der Waals surface area contributed by atoms with Gasteiger partial charge in [0.1, 0.15) is 5.65 Å². The minimum atomic E-state index is -3.80. The summed E-state index contributed by atoms with van der Waals surface area (Å²) in [5.74, 6) is -0.204. The third-order valence-electron chi connectivity index (χ3n) is 6.29. The second-order valence-electron chi connectivity index (χ2n) is 8.73. The molecule has 2 aromatic carbocycles. The number of unbranched alkanes of at least 4 members (excludes halogenated alkanes) is 1. The Morgan fingerprint density at radius 1 is 1.03 bits per heavy atom. The summed E-state index contributed by atoms with van der Waals surface area (Å²) in [6, 6.07) is 14.8. The molecule has 0 radical (unpaired) electrons. The van der Waals surface area contributed by atoms with Crippen LogP contribution in [0.5, 0.6) is 0 Å². The van der Waals surface area contributed by atoms with Crippen LogP contribution in [0.1, 0.15) is 35.7 Å². The highest BCUT2D eigenvalue weighted by molar-refractivity contribution is 7.89. The van der Waals surface area contributed by atoms with E-state index in [-0.39, 0.29) is 16.7 Å². The summed E-state index contributed by atoms with van der Waals surface area (Å²) >= 11 is 0. The van der Waals surface area contributed by atoms with Crippen molar-refractivity contribution in [1.82, 2.24) is 19.9 Å². The van der Waals surface area contributed by atoms with Crippen molar-refractivity contribution in [1.29, 1.82) is 0 Å². The van der Waals surface area contributed by atoms with Gasteiger partial charge in [-0.25, -0.2) is 23.3 Å². The molecule has 0 saturated heterocycles. The van der Waals surface area contributed by atoms with Crippen LogP contribution in [-0.2, 0) is 10.0 Å². The van der Waals surface area contributed by atoms with Crippen LogP contribution in [0, 0.1) is 0 Å². The molecule has 9 nitrogen and oxygen atoms in total. The van der Waals surface area contributed by atoms with E-state index in [0.717, 1.165) is 24.0 Å². The maximum absolute atomic E-state index is 13.7. The van der Waals surface area contributed by atoms with Crippen molar-refractivity contribution >= 4 is 43.8 Å². The monoisotopic (exact) mass is 515 g/mol.